The van der Waals surface area contributed by atoms with Crippen molar-refractivity contribution < 1.29 is 26.7 Å². The molecule has 0 spiro atoms. The van der Waals surface area contributed by atoms with Crippen molar-refractivity contribution in [1.82, 2.24) is 4.72 Å². The topological polar surface area (TPSA) is 72.5 Å². The molecule has 0 aromatic heterocycles. The molecule has 0 saturated heterocycles. The van der Waals surface area contributed by atoms with E-state index < -0.39 is 38.1 Å². The third-order valence-electron chi connectivity index (χ3n) is 3.76. The minimum absolute atomic E-state index is 0.288. The van der Waals surface area contributed by atoms with Crippen LogP contribution in [0.15, 0.2) is 23.1 Å². The summed E-state index contributed by atoms with van der Waals surface area (Å²) in [6.45, 7) is 0. The summed E-state index contributed by atoms with van der Waals surface area (Å²) in [7, 11) is -3.07. The first-order valence-corrected chi connectivity index (χ1v) is 8.36. The lowest BCUT2D eigenvalue weighted by atomic mass is 9.83. The molecule has 1 aromatic carbocycles. The number of methoxy groups -OCH3 is 1. The van der Waals surface area contributed by atoms with E-state index in [1.165, 1.54) is 7.11 Å². The number of nitrogens with one attached hydrogen (secondary N) is 1. The number of esters is 1. The van der Waals surface area contributed by atoms with Crippen LogP contribution in [0.4, 0.5) is 8.78 Å². The van der Waals surface area contributed by atoms with Gasteiger partial charge >= 0.3 is 5.97 Å². The lowest BCUT2D eigenvalue weighted by Crippen LogP contribution is -2.55. The van der Waals surface area contributed by atoms with E-state index in [9.17, 15) is 22.0 Å². The van der Waals surface area contributed by atoms with Crippen molar-refractivity contribution in [3.63, 3.8) is 0 Å². The van der Waals surface area contributed by atoms with Gasteiger partial charge in [-0.3, -0.25) is 4.79 Å². The fraction of sp³-hybridized carbons (Fsp3) is 0.500. The minimum Gasteiger partial charge on any atom is -0.468 e. The number of carbonyl (C=O) groups excluding carboxylic acids is 1. The highest BCUT2D eigenvalue weighted by molar-refractivity contribution is 7.89. The van der Waals surface area contributed by atoms with Gasteiger partial charge in [0, 0.05) is 6.07 Å². The maximum atomic E-state index is 13.2. The van der Waals surface area contributed by atoms with Gasteiger partial charge in [-0.1, -0.05) is 19.3 Å². The Morgan fingerprint density at radius 1 is 1.14 bits per heavy atom. The van der Waals surface area contributed by atoms with Crippen molar-refractivity contribution in [3.05, 3.63) is 29.8 Å². The van der Waals surface area contributed by atoms with Crippen molar-refractivity contribution in [2.24, 2.45) is 0 Å². The van der Waals surface area contributed by atoms with E-state index in [0.717, 1.165) is 6.42 Å². The van der Waals surface area contributed by atoms with Crippen molar-refractivity contribution in [2.75, 3.05) is 7.11 Å². The van der Waals surface area contributed by atoms with E-state index in [1.807, 2.05) is 0 Å². The molecule has 0 atom stereocenters. The normalized spacial score (nSPS) is 18.0. The molecule has 5 nitrogen and oxygen atoms in total. The molecule has 1 N–H and O–H groups in total. The van der Waals surface area contributed by atoms with Gasteiger partial charge in [-0.15, -0.1) is 0 Å². The number of carbonyl (C=O) groups is 1. The standard InChI is InChI=1S/C14H17F2NO4S/c1-21-13(18)14(5-3-2-4-6-14)17-22(19,20)12-8-10(15)7-11(16)9-12/h7-9,17H,2-6H2,1H3. The van der Waals surface area contributed by atoms with Gasteiger partial charge in [0.2, 0.25) is 10.0 Å². The van der Waals surface area contributed by atoms with E-state index in [0.29, 0.717) is 31.0 Å². The van der Waals surface area contributed by atoms with Crippen molar-refractivity contribution in [2.45, 2.75) is 42.5 Å². The summed E-state index contributed by atoms with van der Waals surface area (Å²) in [6.07, 6.45) is 2.78. The smallest absolute Gasteiger partial charge is 0.327 e. The molecule has 1 saturated carbocycles. The summed E-state index contributed by atoms with van der Waals surface area (Å²) < 4.78 is 58.2. The van der Waals surface area contributed by atoms with E-state index in [2.05, 4.69) is 4.72 Å². The number of sulfonamides is 1. The molecule has 1 aliphatic rings. The van der Waals surface area contributed by atoms with Gasteiger partial charge in [0.25, 0.3) is 0 Å². The third-order valence-corrected chi connectivity index (χ3v) is 5.28. The van der Waals surface area contributed by atoms with Gasteiger partial charge in [0.05, 0.1) is 12.0 Å². The Labute approximate surface area is 127 Å². The number of ether oxygens (including phenoxy) is 1. The maximum Gasteiger partial charge on any atom is 0.327 e. The fourth-order valence-electron chi connectivity index (χ4n) is 2.70. The van der Waals surface area contributed by atoms with Crippen LogP contribution < -0.4 is 4.72 Å². The summed E-state index contributed by atoms with van der Waals surface area (Å²) in [6, 6.07) is 1.99. The van der Waals surface area contributed by atoms with Crippen LogP contribution in [0.1, 0.15) is 32.1 Å². The van der Waals surface area contributed by atoms with Gasteiger partial charge in [-0.25, -0.2) is 17.2 Å². The molecule has 1 fully saturated rings. The molecular weight excluding hydrogens is 316 g/mol. The molecule has 0 bridgehead atoms. The molecule has 1 aliphatic carbocycles. The second-order valence-electron chi connectivity index (χ2n) is 5.34. The highest BCUT2D eigenvalue weighted by atomic mass is 32.2. The lowest BCUT2D eigenvalue weighted by molar-refractivity contribution is -0.149. The largest absolute Gasteiger partial charge is 0.468 e. The Kier molecular flexibility index (Phi) is 4.81. The van der Waals surface area contributed by atoms with Crippen molar-refractivity contribution in [3.8, 4) is 0 Å². The quantitative estimate of drug-likeness (QED) is 0.857. The predicted octanol–water partition coefficient (Wildman–Crippen LogP) is 2.12. The minimum atomic E-state index is -4.25. The molecule has 0 unspecified atom stereocenters. The predicted molar refractivity (Wildman–Crippen MR) is 74.5 cm³/mol. The number of rotatable bonds is 4. The first-order chi connectivity index (χ1) is 10.3. The van der Waals surface area contributed by atoms with Gasteiger partial charge < -0.3 is 4.74 Å². The number of hydrogen-bond acceptors (Lipinski definition) is 4. The zero-order chi connectivity index (χ0) is 16.4. The average molecular weight is 333 g/mol. The highest BCUT2D eigenvalue weighted by Crippen LogP contribution is 2.31. The summed E-state index contributed by atoms with van der Waals surface area (Å²) in [5, 5.41) is 0. The van der Waals surface area contributed by atoms with Gasteiger partial charge in [0.1, 0.15) is 17.2 Å². The summed E-state index contributed by atoms with van der Waals surface area (Å²) in [5.41, 5.74) is -1.38. The fourth-order valence-corrected chi connectivity index (χ4v) is 4.15. The van der Waals surface area contributed by atoms with E-state index >= 15 is 0 Å². The van der Waals surface area contributed by atoms with Gasteiger partial charge in [0.15, 0.2) is 0 Å². The Morgan fingerprint density at radius 2 is 1.68 bits per heavy atom. The molecular formula is C14H17F2NO4S. The first-order valence-electron chi connectivity index (χ1n) is 6.88. The SMILES string of the molecule is COC(=O)C1(NS(=O)(=O)c2cc(F)cc(F)c2)CCCCC1. The van der Waals surface area contributed by atoms with E-state index in [1.54, 1.807) is 0 Å². The second-order valence-corrected chi connectivity index (χ2v) is 7.03. The summed E-state index contributed by atoms with van der Waals surface area (Å²) in [4.78, 5) is 11.5. The first kappa shape index (κ1) is 16.8. The van der Waals surface area contributed by atoms with Crippen LogP contribution in [0, 0.1) is 11.6 Å². The summed E-state index contributed by atoms with van der Waals surface area (Å²) in [5.74, 6) is -2.69. The maximum absolute atomic E-state index is 13.2. The molecule has 0 heterocycles. The Bertz CT molecular complexity index is 649. The number of halogens is 2. The van der Waals surface area contributed by atoms with Gasteiger partial charge in [-0.05, 0) is 25.0 Å². The molecule has 1 aromatic rings. The molecule has 8 heteroatoms. The highest BCUT2D eigenvalue weighted by Gasteiger charge is 2.44. The molecule has 0 aliphatic heterocycles. The molecule has 22 heavy (non-hydrogen) atoms. The van der Waals surface area contributed by atoms with E-state index in [-0.39, 0.29) is 12.8 Å². The third kappa shape index (κ3) is 3.44. The van der Waals surface area contributed by atoms with Crippen LogP contribution in [-0.2, 0) is 19.6 Å². The Hall–Kier alpha value is -1.54. The monoisotopic (exact) mass is 333 g/mol. The van der Waals surface area contributed by atoms with Crippen LogP contribution in [0.25, 0.3) is 0 Å². The summed E-state index contributed by atoms with van der Waals surface area (Å²) >= 11 is 0. The zero-order valence-electron chi connectivity index (χ0n) is 12.1. The van der Waals surface area contributed by atoms with Crippen LogP contribution in [0.3, 0.4) is 0 Å². The zero-order valence-corrected chi connectivity index (χ0v) is 12.9. The lowest BCUT2D eigenvalue weighted by Gasteiger charge is -2.34. The molecule has 122 valence electrons. The molecule has 0 radical (unpaired) electrons. The van der Waals surface area contributed by atoms with Crippen molar-refractivity contribution >= 4 is 16.0 Å². The average Bonchev–Trinajstić information content (AvgIpc) is 2.46. The van der Waals surface area contributed by atoms with Crippen molar-refractivity contribution in [1.29, 1.82) is 0 Å². The number of hydrogen-bond donors (Lipinski definition) is 1. The van der Waals surface area contributed by atoms with Crippen LogP contribution in [-0.4, -0.2) is 27.0 Å². The van der Waals surface area contributed by atoms with Gasteiger partial charge in [-0.2, -0.15) is 4.72 Å². The van der Waals surface area contributed by atoms with Crippen LogP contribution in [0.2, 0.25) is 0 Å². The van der Waals surface area contributed by atoms with E-state index in [4.69, 9.17) is 4.74 Å². The van der Waals surface area contributed by atoms with Crippen LogP contribution in [0.5, 0.6) is 0 Å². The Morgan fingerprint density at radius 3 is 2.18 bits per heavy atom. The molecule has 0 amide bonds. The Balaban J connectivity index is 2.37. The number of benzene rings is 1. The second kappa shape index (κ2) is 6.29. The molecule has 2 rings (SSSR count). The van der Waals surface area contributed by atoms with Crippen LogP contribution >= 0.6 is 0 Å².